The van der Waals surface area contributed by atoms with E-state index in [-0.39, 0.29) is 21.2 Å². The maximum atomic E-state index is 13.9. The second-order valence-electron chi connectivity index (χ2n) is 4.79. The second kappa shape index (κ2) is 6.96. The van der Waals surface area contributed by atoms with Gasteiger partial charge in [-0.25, -0.2) is 17.6 Å². The quantitative estimate of drug-likeness (QED) is 0.803. The van der Waals surface area contributed by atoms with Gasteiger partial charge in [0.05, 0.1) is 23.4 Å². The number of aromatic hydroxyl groups is 1. The molecule has 128 valence electrons. The van der Waals surface area contributed by atoms with Crippen LogP contribution in [0.25, 0.3) is 0 Å². The van der Waals surface area contributed by atoms with Gasteiger partial charge in [0.1, 0.15) is 10.7 Å². The molecule has 0 unspecified atom stereocenters. The monoisotopic (exact) mass is 392 g/mol. The van der Waals surface area contributed by atoms with Crippen LogP contribution in [-0.4, -0.2) is 26.6 Å². The highest BCUT2D eigenvalue weighted by Gasteiger charge is 2.24. The molecule has 0 saturated heterocycles. The van der Waals surface area contributed by atoms with Crippen molar-refractivity contribution in [2.45, 2.75) is 10.6 Å². The van der Waals surface area contributed by atoms with E-state index in [0.29, 0.717) is 0 Å². The van der Waals surface area contributed by atoms with Crippen LogP contribution in [-0.2, 0) is 20.3 Å². The Morgan fingerprint density at radius 3 is 2.54 bits per heavy atom. The Morgan fingerprint density at radius 1 is 1.25 bits per heavy atom. The average Bonchev–Trinajstić information content (AvgIpc) is 2.51. The molecule has 0 aliphatic heterocycles. The summed E-state index contributed by atoms with van der Waals surface area (Å²) in [4.78, 5) is 11.0. The lowest BCUT2D eigenvalue weighted by Crippen LogP contribution is -2.09. The van der Waals surface area contributed by atoms with E-state index < -0.39 is 38.0 Å². The van der Waals surface area contributed by atoms with Crippen LogP contribution in [0.1, 0.15) is 15.9 Å². The number of carbonyl (C=O) groups excluding carboxylic acids is 1. The molecule has 0 fully saturated rings. The summed E-state index contributed by atoms with van der Waals surface area (Å²) in [5, 5.41) is 9.60. The molecule has 0 aromatic heterocycles. The molecule has 0 aliphatic carbocycles. The lowest BCUT2D eigenvalue weighted by molar-refractivity contribution is 0.0600. The maximum Gasteiger partial charge on any atom is 0.337 e. The van der Waals surface area contributed by atoms with Crippen LogP contribution >= 0.6 is 23.2 Å². The van der Waals surface area contributed by atoms with Gasteiger partial charge >= 0.3 is 5.97 Å². The Labute approximate surface area is 147 Å². The van der Waals surface area contributed by atoms with Gasteiger partial charge in [0.25, 0.3) is 0 Å². The Bertz CT molecular complexity index is 912. The number of carbonyl (C=O) groups is 1. The van der Waals surface area contributed by atoms with Crippen LogP contribution < -0.4 is 0 Å². The molecule has 0 bridgehead atoms. The molecular formula is C15H11Cl2FO5S. The largest absolute Gasteiger partial charge is 0.505 e. The van der Waals surface area contributed by atoms with Gasteiger partial charge in [0.15, 0.2) is 15.6 Å². The van der Waals surface area contributed by atoms with E-state index in [4.69, 9.17) is 23.2 Å². The molecule has 5 nitrogen and oxygen atoms in total. The smallest absolute Gasteiger partial charge is 0.337 e. The molecule has 0 saturated carbocycles. The van der Waals surface area contributed by atoms with Gasteiger partial charge in [-0.1, -0.05) is 23.2 Å². The van der Waals surface area contributed by atoms with Crippen molar-refractivity contribution in [1.82, 2.24) is 0 Å². The number of methoxy groups -OCH3 is 1. The summed E-state index contributed by atoms with van der Waals surface area (Å²) in [5.74, 6) is -3.03. The zero-order chi connectivity index (χ0) is 18.1. The molecule has 9 heteroatoms. The minimum absolute atomic E-state index is 0.000147. The first-order chi connectivity index (χ1) is 11.2. The van der Waals surface area contributed by atoms with E-state index >= 15 is 0 Å². The van der Waals surface area contributed by atoms with Crippen LogP contribution in [0.4, 0.5) is 4.39 Å². The Kier molecular flexibility index (Phi) is 5.37. The Morgan fingerprint density at radius 2 is 1.92 bits per heavy atom. The SMILES string of the molecule is COC(=O)c1ccc(F)c(CS(=O)(=O)c2cc(Cl)cc(Cl)c2O)c1. The van der Waals surface area contributed by atoms with Crippen molar-refractivity contribution < 1.29 is 27.4 Å². The van der Waals surface area contributed by atoms with Crippen molar-refractivity contribution in [2.75, 3.05) is 7.11 Å². The van der Waals surface area contributed by atoms with Gasteiger partial charge in [-0.2, -0.15) is 0 Å². The predicted octanol–water partition coefficient (Wildman–Crippen LogP) is 3.60. The number of sulfone groups is 1. The van der Waals surface area contributed by atoms with Gasteiger partial charge in [-0.15, -0.1) is 0 Å². The summed E-state index contributed by atoms with van der Waals surface area (Å²) in [6.07, 6.45) is 0. The van der Waals surface area contributed by atoms with E-state index in [1.807, 2.05) is 0 Å². The summed E-state index contributed by atoms with van der Waals surface area (Å²) in [6, 6.07) is 5.39. The number of hydrogen-bond acceptors (Lipinski definition) is 5. The van der Waals surface area contributed by atoms with E-state index in [0.717, 1.165) is 25.3 Å². The molecule has 0 amide bonds. The first kappa shape index (κ1) is 18.5. The molecule has 0 spiro atoms. The number of ether oxygens (including phenoxy) is 1. The van der Waals surface area contributed by atoms with Crippen molar-refractivity contribution in [1.29, 1.82) is 0 Å². The van der Waals surface area contributed by atoms with Crippen molar-refractivity contribution in [3.8, 4) is 5.75 Å². The molecule has 0 heterocycles. The predicted molar refractivity (Wildman–Crippen MR) is 86.8 cm³/mol. The van der Waals surface area contributed by atoms with Crippen molar-refractivity contribution in [3.05, 3.63) is 57.3 Å². The minimum Gasteiger partial charge on any atom is -0.505 e. The number of rotatable bonds is 4. The maximum absolute atomic E-state index is 13.9. The second-order valence-corrected chi connectivity index (χ2v) is 7.59. The van der Waals surface area contributed by atoms with Gasteiger partial charge in [-0.3, -0.25) is 0 Å². The third-order valence-electron chi connectivity index (χ3n) is 3.14. The van der Waals surface area contributed by atoms with Gasteiger partial charge in [0.2, 0.25) is 0 Å². The summed E-state index contributed by atoms with van der Waals surface area (Å²) in [5.41, 5.74) is -0.258. The molecule has 2 aromatic rings. The summed E-state index contributed by atoms with van der Waals surface area (Å²) in [7, 11) is -3.02. The van der Waals surface area contributed by atoms with Crippen molar-refractivity contribution >= 4 is 39.0 Å². The molecular weight excluding hydrogens is 382 g/mol. The van der Waals surface area contributed by atoms with Crippen molar-refractivity contribution in [2.24, 2.45) is 0 Å². The van der Waals surface area contributed by atoms with E-state index in [1.165, 1.54) is 12.1 Å². The average molecular weight is 393 g/mol. The Hall–Kier alpha value is -1.83. The summed E-state index contributed by atoms with van der Waals surface area (Å²) < 4.78 is 43.4. The lowest BCUT2D eigenvalue weighted by atomic mass is 10.1. The fourth-order valence-corrected chi connectivity index (χ4v) is 4.10. The van der Waals surface area contributed by atoms with Crippen molar-refractivity contribution in [3.63, 3.8) is 0 Å². The molecule has 1 N–H and O–H groups in total. The van der Waals surface area contributed by atoms with Crippen LogP contribution in [0.5, 0.6) is 5.75 Å². The number of halogens is 3. The van der Waals surface area contributed by atoms with E-state index in [1.54, 1.807) is 0 Å². The van der Waals surface area contributed by atoms with Crippen LogP contribution in [0.2, 0.25) is 10.0 Å². The van der Waals surface area contributed by atoms with Crippen LogP contribution in [0.15, 0.2) is 35.2 Å². The molecule has 0 atom stereocenters. The molecule has 24 heavy (non-hydrogen) atoms. The third kappa shape index (κ3) is 3.80. The number of phenols is 1. The third-order valence-corrected chi connectivity index (χ3v) is 5.32. The van der Waals surface area contributed by atoms with Crippen LogP contribution in [0, 0.1) is 5.82 Å². The van der Waals surface area contributed by atoms with E-state index in [2.05, 4.69) is 4.74 Å². The molecule has 0 aliphatic rings. The fraction of sp³-hybridized carbons (Fsp3) is 0.133. The molecule has 2 rings (SSSR count). The highest BCUT2D eigenvalue weighted by Crippen LogP contribution is 2.35. The summed E-state index contributed by atoms with van der Waals surface area (Å²) in [6.45, 7) is 0. The highest BCUT2D eigenvalue weighted by molar-refractivity contribution is 7.90. The summed E-state index contributed by atoms with van der Waals surface area (Å²) >= 11 is 11.5. The minimum atomic E-state index is -4.17. The van der Waals surface area contributed by atoms with E-state index in [9.17, 15) is 22.7 Å². The number of esters is 1. The zero-order valence-electron chi connectivity index (χ0n) is 12.2. The number of phenolic OH excluding ortho intramolecular Hbond substituents is 1. The van der Waals surface area contributed by atoms with Gasteiger partial charge < -0.3 is 9.84 Å². The fourth-order valence-electron chi connectivity index (χ4n) is 1.99. The topological polar surface area (TPSA) is 80.7 Å². The number of hydrogen-bond donors (Lipinski definition) is 1. The normalized spacial score (nSPS) is 11.3. The van der Waals surface area contributed by atoms with Gasteiger partial charge in [0, 0.05) is 10.6 Å². The Balaban J connectivity index is 2.49. The molecule has 0 radical (unpaired) electrons. The lowest BCUT2D eigenvalue weighted by Gasteiger charge is -2.10. The molecule has 2 aromatic carbocycles. The van der Waals surface area contributed by atoms with Crippen LogP contribution in [0.3, 0.4) is 0 Å². The standard InChI is InChI=1S/C15H11Cl2FO5S/c1-23-15(20)8-2-3-12(18)9(4-8)7-24(21,22)13-6-10(16)5-11(17)14(13)19/h2-6,19H,7H2,1H3. The first-order valence-electron chi connectivity index (χ1n) is 6.43. The number of benzene rings is 2. The zero-order valence-corrected chi connectivity index (χ0v) is 14.5. The first-order valence-corrected chi connectivity index (χ1v) is 8.84. The van der Waals surface area contributed by atoms with Gasteiger partial charge in [-0.05, 0) is 30.3 Å². The highest BCUT2D eigenvalue weighted by atomic mass is 35.5.